The van der Waals surface area contributed by atoms with Gasteiger partial charge in [0.05, 0.1) is 22.3 Å². The van der Waals surface area contributed by atoms with Crippen LogP contribution >= 0.6 is 0 Å². The molecule has 9 heteroatoms. The van der Waals surface area contributed by atoms with Crippen LogP contribution in [-0.2, 0) is 24.7 Å². The number of rotatable bonds is 6. The van der Waals surface area contributed by atoms with Gasteiger partial charge in [-0.1, -0.05) is 26.0 Å². The highest BCUT2D eigenvalue weighted by Gasteiger charge is 2.33. The molecule has 0 aliphatic carbocycles. The fourth-order valence-corrected chi connectivity index (χ4v) is 5.08. The Morgan fingerprint density at radius 1 is 1.29 bits per heavy atom. The first-order valence-electron chi connectivity index (χ1n) is 7.76. The summed E-state index contributed by atoms with van der Waals surface area (Å²) in [5.41, 5.74) is 3.15. The fourth-order valence-electron chi connectivity index (χ4n) is 2.49. The van der Waals surface area contributed by atoms with Crippen LogP contribution in [0.5, 0.6) is 0 Å². The maximum Gasteiger partial charge on any atom is 0.257 e. The molecule has 1 fully saturated rings. The smallest absolute Gasteiger partial charge is 0.257 e. The highest BCUT2D eigenvalue weighted by molar-refractivity contribution is 7.91. The Morgan fingerprint density at radius 2 is 1.92 bits per heavy atom. The molecule has 24 heavy (non-hydrogen) atoms. The van der Waals surface area contributed by atoms with Crippen molar-refractivity contribution in [2.45, 2.75) is 37.5 Å². The molecule has 0 radical (unpaired) electrons. The number of carbonyl (C=O) groups excluding carboxylic acids is 1. The molecule has 1 amide bonds. The van der Waals surface area contributed by atoms with E-state index in [1.807, 2.05) is 4.83 Å². The number of sulfonamides is 1. The van der Waals surface area contributed by atoms with Gasteiger partial charge in [-0.25, -0.2) is 16.8 Å². The summed E-state index contributed by atoms with van der Waals surface area (Å²) in [6.07, 6.45) is 1.16. The van der Waals surface area contributed by atoms with Crippen molar-refractivity contribution in [3.05, 3.63) is 29.8 Å². The quantitative estimate of drug-likeness (QED) is 0.720. The van der Waals surface area contributed by atoms with Gasteiger partial charge in [0.25, 0.3) is 10.0 Å². The van der Waals surface area contributed by atoms with E-state index in [9.17, 15) is 21.6 Å². The van der Waals surface area contributed by atoms with Gasteiger partial charge >= 0.3 is 0 Å². The van der Waals surface area contributed by atoms with E-state index in [-0.39, 0.29) is 22.8 Å². The van der Waals surface area contributed by atoms with E-state index in [0.717, 1.165) is 12.0 Å². The largest absolute Gasteiger partial charge is 0.277 e. The monoisotopic (exact) mass is 374 g/mol. The lowest BCUT2D eigenvalue weighted by molar-refractivity contribution is -0.124. The summed E-state index contributed by atoms with van der Waals surface area (Å²) in [5.74, 6) is -1.31. The molecule has 1 heterocycles. The number of nitrogens with one attached hydrogen (secondary N) is 2. The van der Waals surface area contributed by atoms with Gasteiger partial charge < -0.3 is 0 Å². The molecule has 1 aliphatic heterocycles. The topological polar surface area (TPSA) is 109 Å². The molecule has 2 rings (SSSR count). The highest BCUT2D eigenvalue weighted by atomic mass is 32.2. The molecule has 0 aromatic heterocycles. The summed E-state index contributed by atoms with van der Waals surface area (Å²) in [7, 11) is -7.09. The first-order valence-corrected chi connectivity index (χ1v) is 11.1. The van der Waals surface area contributed by atoms with E-state index in [2.05, 4.69) is 19.3 Å². The Hall–Kier alpha value is -1.45. The van der Waals surface area contributed by atoms with E-state index in [0.29, 0.717) is 5.92 Å². The minimum atomic E-state index is -3.89. The van der Waals surface area contributed by atoms with Crippen molar-refractivity contribution in [1.82, 2.24) is 10.3 Å². The lowest BCUT2D eigenvalue weighted by Gasteiger charge is -2.13. The van der Waals surface area contributed by atoms with E-state index >= 15 is 0 Å². The fraction of sp³-hybridized carbons (Fsp3) is 0.533. The predicted molar refractivity (Wildman–Crippen MR) is 90.4 cm³/mol. The number of hydrogen-bond donors (Lipinski definition) is 2. The highest BCUT2D eigenvalue weighted by Crippen LogP contribution is 2.21. The van der Waals surface area contributed by atoms with E-state index in [4.69, 9.17) is 0 Å². The Labute approximate surface area is 142 Å². The zero-order valence-electron chi connectivity index (χ0n) is 13.7. The number of hydrazine groups is 1. The van der Waals surface area contributed by atoms with Gasteiger partial charge in [-0.15, -0.1) is 4.83 Å². The van der Waals surface area contributed by atoms with Gasteiger partial charge in [0, 0.05) is 0 Å². The lowest BCUT2D eigenvalue weighted by atomic mass is 9.99. The summed E-state index contributed by atoms with van der Waals surface area (Å²) in [5, 5.41) is 0. The molecule has 134 valence electrons. The van der Waals surface area contributed by atoms with Crippen LogP contribution in [0.25, 0.3) is 0 Å². The normalized spacial score (nSPS) is 21.3. The van der Waals surface area contributed by atoms with Gasteiger partial charge in [0.15, 0.2) is 9.84 Å². The summed E-state index contributed by atoms with van der Waals surface area (Å²) < 4.78 is 47.1. The van der Waals surface area contributed by atoms with Crippen LogP contribution in [0.15, 0.2) is 29.2 Å². The molecule has 1 aromatic rings. The molecule has 7 nitrogen and oxygen atoms in total. The molecule has 0 unspecified atom stereocenters. The van der Waals surface area contributed by atoms with Gasteiger partial charge in [-0.3, -0.25) is 10.2 Å². The van der Waals surface area contributed by atoms with Crippen LogP contribution in [-0.4, -0.2) is 34.2 Å². The molecule has 1 saturated heterocycles. The second kappa shape index (κ2) is 7.20. The van der Waals surface area contributed by atoms with Crippen LogP contribution < -0.4 is 10.3 Å². The first kappa shape index (κ1) is 18.9. The van der Waals surface area contributed by atoms with E-state index in [1.165, 1.54) is 12.1 Å². The molecule has 0 bridgehead atoms. The standard InChI is InChI=1S/C15H22N2O5S2/c1-3-11(2)12-4-6-14(7-5-12)24(21,22)17-16-15(18)13-8-9-23(19,20)10-13/h4-7,11,13,17H,3,8-10H2,1-2H3,(H,16,18)/t11-,13+/m0/s1. The minimum Gasteiger partial charge on any atom is -0.277 e. The maximum atomic E-state index is 12.2. The van der Waals surface area contributed by atoms with Crippen LogP contribution in [0.3, 0.4) is 0 Å². The molecule has 2 atom stereocenters. The number of sulfone groups is 1. The summed E-state index contributed by atoms with van der Waals surface area (Å²) >= 11 is 0. The third kappa shape index (κ3) is 4.55. The molecule has 2 N–H and O–H groups in total. The zero-order chi connectivity index (χ0) is 18.0. The summed E-state index contributed by atoms with van der Waals surface area (Å²) in [6, 6.07) is 6.45. The summed E-state index contributed by atoms with van der Waals surface area (Å²) in [6.45, 7) is 4.10. The Bertz CT molecular complexity index is 801. The Morgan fingerprint density at radius 3 is 2.42 bits per heavy atom. The Balaban J connectivity index is 2.00. The van der Waals surface area contributed by atoms with Crippen molar-refractivity contribution in [3.8, 4) is 0 Å². The van der Waals surface area contributed by atoms with E-state index in [1.54, 1.807) is 12.1 Å². The number of hydrogen-bond acceptors (Lipinski definition) is 5. The van der Waals surface area contributed by atoms with Crippen LogP contribution in [0.2, 0.25) is 0 Å². The van der Waals surface area contributed by atoms with Crippen molar-refractivity contribution >= 4 is 25.8 Å². The van der Waals surface area contributed by atoms with Crippen molar-refractivity contribution in [2.75, 3.05) is 11.5 Å². The van der Waals surface area contributed by atoms with E-state index < -0.39 is 31.7 Å². The van der Waals surface area contributed by atoms with Crippen LogP contribution in [0.1, 0.15) is 38.2 Å². The van der Waals surface area contributed by atoms with Gasteiger partial charge in [0.2, 0.25) is 5.91 Å². The SMILES string of the molecule is CC[C@H](C)c1ccc(S(=O)(=O)NNC(=O)[C@@H]2CCS(=O)(=O)C2)cc1. The van der Waals surface area contributed by atoms with Crippen molar-refractivity contribution in [3.63, 3.8) is 0 Å². The second-order valence-electron chi connectivity index (χ2n) is 6.07. The third-order valence-electron chi connectivity index (χ3n) is 4.28. The number of amides is 1. The molecule has 0 saturated carbocycles. The average molecular weight is 374 g/mol. The molecule has 1 aliphatic rings. The predicted octanol–water partition coefficient (Wildman–Crippen LogP) is 0.944. The molecule has 0 spiro atoms. The second-order valence-corrected chi connectivity index (χ2v) is 9.98. The number of carbonyl (C=O) groups is 1. The van der Waals surface area contributed by atoms with Crippen LogP contribution in [0.4, 0.5) is 0 Å². The van der Waals surface area contributed by atoms with Gasteiger partial charge in [-0.2, -0.15) is 0 Å². The Kier molecular flexibility index (Phi) is 5.67. The average Bonchev–Trinajstić information content (AvgIpc) is 2.92. The minimum absolute atomic E-state index is 0.0360. The van der Waals surface area contributed by atoms with Crippen molar-refractivity contribution < 1.29 is 21.6 Å². The van der Waals surface area contributed by atoms with Gasteiger partial charge in [-0.05, 0) is 36.5 Å². The summed E-state index contributed by atoms with van der Waals surface area (Å²) in [4.78, 5) is 13.9. The molecule has 1 aromatic carbocycles. The maximum absolute atomic E-state index is 12.2. The van der Waals surface area contributed by atoms with Gasteiger partial charge in [0.1, 0.15) is 0 Å². The number of benzene rings is 1. The third-order valence-corrected chi connectivity index (χ3v) is 7.32. The van der Waals surface area contributed by atoms with Crippen molar-refractivity contribution in [1.29, 1.82) is 0 Å². The molecular weight excluding hydrogens is 352 g/mol. The lowest BCUT2D eigenvalue weighted by Crippen LogP contribution is -2.44. The first-order chi connectivity index (χ1) is 11.1. The zero-order valence-corrected chi connectivity index (χ0v) is 15.3. The van der Waals surface area contributed by atoms with Crippen molar-refractivity contribution in [2.24, 2.45) is 5.92 Å². The molecular formula is C15H22N2O5S2. The van der Waals surface area contributed by atoms with Crippen LogP contribution in [0, 0.1) is 5.92 Å².